The van der Waals surface area contributed by atoms with Gasteiger partial charge in [-0.3, -0.25) is 0 Å². The Bertz CT molecular complexity index is 920. The minimum Gasteiger partial charge on any atom is -0.360 e. The third-order valence-corrected chi connectivity index (χ3v) is 4.35. The third kappa shape index (κ3) is 2.62. The molecule has 2 heterocycles. The molecule has 0 fully saturated rings. The third-order valence-electron chi connectivity index (χ3n) is 3.73. The van der Waals surface area contributed by atoms with Gasteiger partial charge in [0.15, 0.2) is 17.8 Å². The van der Waals surface area contributed by atoms with Crippen molar-refractivity contribution in [3.63, 3.8) is 0 Å². The number of benzene rings is 2. The van der Waals surface area contributed by atoms with E-state index in [-0.39, 0.29) is 5.82 Å². The molecule has 0 unspecified atom stereocenters. The number of nitrogens with one attached hydrogen (secondary N) is 1. The number of nitrogens with zero attached hydrogens (tertiary/aromatic N) is 3. The summed E-state index contributed by atoms with van der Waals surface area (Å²) in [7, 11) is 0. The highest BCUT2D eigenvalue weighted by Gasteiger charge is 2.40. The Morgan fingerprint density at radius 2 is 1.88 bits per heavy atom. The van der Waals surface area contributed by atoms with E-state index in [4.69, 9.17) is 34.8 Å². The number of fused-ring (bicyclic) bond motifs is 3. The SMILES string of the molecule is Fc1cccc(-c2nc3n(n2)[C@H](C(Cl)(Cl)Cl)Nc2ccccc2-3)c1. The first-order valence-electron chi connectivity index (χ1n) is 7.08. The quantitative estimate of drug-likeness (QED) is 0.598. The second-order valence-corrected chi connectivity index (χ2v) is 7.72. The fraction of sp³-hybridized carbons (Fsp3) is 0.125. The number of aromatic nitrogens is 3. The lowest BCUT2D eigenvalue weighted by atomic mass is 10.1. The van der Waals surface area contributed by atoms with Crippen molar-refractivity contribution < 1.29 is 4.39 Å². The monoisotopic (exact) mass is 382 g/mol. The smallest absolute Gasteiger partial charge is 0.230 e. The number of halogens is 4. The predicted octanol–water partition coefficient (Wildman–Crippen LogP) is 5.05. The summed E-state index contributed by atoms with van der Waals surface area (Å²) in [5.41, 5.74) is 2.18. The number of hydrogen-bond acceptors (Lipinski definition) is 3. The number of para-hydroxylation sites is 1. The molecule has 2 aromatic carbocycles. The van der Waals surface area contributed by atoms with Gasteiger partial charge in [-0.1, -0.05) is 59.1 Å². The van der Waals surface area contributed by atoms with Gasteiger partial charge in [0.05, 0.1) is 0 Å². The maximum Gasteiger partial charge on any atom is 0.230 e. The van der Waals surface area contributed by atoms with Gasteiger partial charge in [-0.2, -0.15) is 0 Å². The summed E-state index contributed by atoms with van der Waals surface area (Å²) in [5.74, 6) is 0.555. The van der Waals surface area contributed by atoms with Crippen LogP contribution in [0, 0.1) is 5.82 Å². The Balaban J connectivity index is 1.92. The zero-order valence-corrected chi connectivity index (χ0v) is 14.3. The molecule has 4 rings (SSSR count). The van der Waals surface area contributed by atoms with Crippen LogP contribution in [0.25, 0.3) is 22.8 Å². The van der Waals surface area contributed by atoms with Crippen LogP contribution in [0.4, 0.5) is 10.1 Å². The minimum absolute atomic E-state index is 0.363. The van der Waals surface area contributed by atoms with Gasteiger partial charge in [-0.05, 0) is 24.3 Å². The van der Waals surface area contributed by atoms with Crippen LogP contribution < -0.4 is 5.32 Å². The molecule has 0 radical (unpaired) electrons. The summed E-state index contributed by atoms with van der Waals surface area (Å²) in [5, 5.41) is 7.59. The Labute approximate surface area is 152 Å². The average Bonchev–Trinajstić information content (AvgIpc) is 2.98. The zero-order valence-electron chi connectivity index (χ0n) is 12.0. The van der Waals surface area contributed by atoms with Crippen LogP contribution in [0.1, 0.15) is 6.17 Å². The van der Waals surface area contributed by atoms with Crippen molar-refractivity contribution >= 4 is 40.5 Å². The highest BCUT2D eigenvalue weighted by molar-refractivity contribution is 6.68. The van der Waals surface area contributed by atoms with E-state index in [9.17, 15) is 4.39 Å². The summed E-state index contributed by atoms with van der Waals surface area (Å²) in [6.07, 6.45) is -0.734. The molecule has 1 aromatic heterocycles. The van der Waals surface area contributed by atoms with Gasteiger partial charge < -0.3 is 5.32 Å². The fourth-order valence-electron chi connectivity index (χ4n) is 2.67. The first-order valence-corrected chi connectivity index (χ1v) is 8.22. The van der Waals surface area contributed by atoms with E-state index in [0.29, 0.717) is 17.2 Å². The molecule has 1 N–H and O–H groups in total. The van der Waals surface area contributed by atoms with Crippen molar-refractivity contribution in [3.8, 4) is 22.8 Å². The van der Waals surface area contributed by atoms with Crippen molar-refractivity contribution in [1.82, 2.24) is 14.8 Å². The van der Waals surface area contributed by atoms with E-state index in [1.54, 1.807) is 12.1 Å². The molecule has 0 saturated heterocycles. The summed E-state index contributed by atoms with van der Waals surface area (Å²) >= 11 is 18.3. The lowest BCUT2D eigenvalue weighted by Gasteiger charge is -2.32. The highest BCUT2D eigenvalue weighted by Crippen LogP contribution is 2.45. The lowest BCUT2D eigenvalue weighted by Crippen LogP contribution is -2.34. The lowest BCUT2D eigenvalue weighted by molar-refractivity contribution is 0.510. The second kappa shape index (κ2) is 5.62. The van der Waals surface area contributed by atoms with Crippen molar-refractivity contribution in [2.75, 3.05) is 5.32 Å². The van der Waals surface area contributed by atoms with Crippen LogP contribution in [0.2, 0.25) is 0 Å². The summed E-state index contributed by atoms with van der Waals surface area (Å²) in [6.45, 7) is 0. The number of rotatable bonds is 1. The molecule has 8 heteroatoms. The Morgan fingerprint density at radius 1 is 1.08 bits per heavy atom. The second-order valence-electron chi connectivity index (χ2n) is 5.35. The largest absolute Gasteiger partial charge is 0.360 e. The van der Waals surface area contributed by atoms with Gasteiger partial charge in [0.2, 0.25) is 3.79 Å². The van der Waals surface area contributed by atoms with Crippen LogP contribution in [-0.2, 0) is 0 Å². The van der Waals surface area contributed by atoms with Crippen molar-refractivity contribution in [2.24, 2.45) is 0 Å². The topological polar surface area (TPSA) is 42.7 Å². The molecule has 1 atom stereocenters. The normalized spacial score (nSPS) is 16.2. The van der Waals surface area contributed by atoms with Crippen LogP contribution in [0.3, 0.4) is 0 Å². The first-order chi connectivity index (χ1) is 11.4. The van der Waals surface area contributed by atoms with Crippen LogP contribution in [0.15, 0.2) is 48.5 Å². The van der Waals surface area contributed by atoms with E-state index in [0.717, 1.165) is 11.3 Å². The van der Waals surface area contributed by atoms with Crippen LogP contribution >= 0.6 is 34.8 Å². The van der Waals surface area contributed by atoms with E-state index in [2.05, 4.69) is 15.4 Å². The van der Waals surface area contributed by atoms with E-state index < -0.39 is 9.96 Å². The molecular weight excluding hydrogens is 374 g/mol. The fourth-order valence-corrected chi connectivity index (χ4v) is 3.11. The zero-order chi connectivity index (χ0) is 16.9. The van der Waals surface area contributed by atoms with Gasteiger partial charge in [-0.25, -0.2) is 14.1 Å². The molecule has 1 aliphatic rings. The molecule has 0 saturated carbocycles. The molecule has 0 bridgehead atoms. The Kier molecular flexibility index (Phi) is 3.67. The molecule has 0 aliphatic carbocycles. The van der Waals surface area contributed by atoms with Gasteiger partial charge in [0, 0.05) is 16.8 Å². The highest BCUT2D eigenvalue weighted by atomic mass is 35.6. The molecule has 122 valence electrons. The predicted molar refractivity (Wildman–Crippen MR) is 93.8 cm³/mol. The van der Waals surface area contributed by atoms with E-state index in [1.165, 1.54) is 16.8 Å². The average molecular weight is 384 g/mol. The van der Waals surface area contributed by atoms with Gasteiger partial charge in [-0.15, -0.1) is 5.10 Å². The van der Waals surface area contributed by atoms with Crippen LogP contribution in [0.5, 0.6) is 0 Å². The van der Waals surface area contributed by atoms with Gasteiger partial charge >= 0.3 is 0 Å². The molecule has 24 heavy (non-hydrogen) atoms. The van der Waals surface area contributed by atoms with Crippen molar-refractivity contribution in [2.45, 2.75) is 9.96 Å². The summed E-state index contributed by atoms with van der Waals surface area (Å²) < 4.78 is 13.4. The van der Waals surface area contributed by atoms with Crippen molar-refractivity contribution in [3.05, 3.63) is 54.3 Å². The Hall–Kier alpha value is -1.82. The van der Waals surface area contributed by atoms with Crippen LogP contribution in [-0.4, -0.2) is 18.6 Å². The summed E-state index contributed by atoms with van der Waals surface area (Å²) in [4.78, 5) is 4.54. The summed E-state index contributed by atoms with van der Waals surface area (Å²) in [6, 6.07) is 13.6. The van der Waals surface area contributed by atoms with E-state index >= 15 is 0 Å². The molecule has 1 aliphatic heterocycles. The van der Waals surface area contributed by atoms with Gasteiger partial charge in [0.1, 0.15) is 5.82 Å². The van der Waals surface area contributed by atoms with Gasteiger partial charge in [0.25, 0.3) is 0 Å². The number of alkyl halides is 3. The molecule has 0 spiro atoms. The number of anilines is 1. The Morgan fingerprint density at radius 3 is 2.62 bits per heavy atom. The standard InChI is InChI=1S/C16H10Cl3FN4/c17-16(18,19)15-21-12-7-2-1-6-11(12)14-22-13(23-24(14)15)9-4-3-5-10(20)8-9/h1-8,15,21H/t15-/m1/s1. The first kappa shape index (κ1) is 15.7. The maximum atomic E-state index is 13.5. The molecule has 4 nitrogen and oxygen atoms in total. The number of hydrogen-bond donors (Lipinski definition) is 1. The minimum atomic E-state index is -1.64. The maximum absolute atomic E-state index is 13.5. The van der Waals surface area contributed by atoms with Crippen molar-refractivity contribution in [1.29, 1.82) is 0 Å². The molecular formula is C16H10Cl3FN4. The molecule has 0 amide bonds. The molecule has 3 aromatic rings. The van der Waals surface area contributed by atoms with E-state index in [1.807, 2.05) is 24.3 Å².